The summed E-state index contributed by atoms with van der Waals surface area (Å²) in [5, 5.41) is 12.7. The Morgan fingerprint density at radius 3 is 2.60 bits per heavy atom. The van der Waals surface area contributed by atoms with Crippen molar-refractivity contribution in [3.05, 3.63) is 29.8 Å². The Morgan fingerprint density at radius 2 is 2.07 bits per heavy atom. The van der Waals surface area contributed by atoms with Gasteiger partial charge in [0.25, 0.3) is 0 Å². The zero-order chi connectivity index (χ0) is 11.1. The predicted octanol–water partition coefficient (Wildman–Crippen LogP) is 3.11. The van der Waals surface area contributed by atoms with Crippen LogP contribution in [0.3, 0.4) is 0 Å². The third kappa shape index (κ3) is 4.26. The maximum atomic E-state index is 8.64. The molecule has 0 saturated carbocycles. The maximum Gasteiger partial charge on any atom is 0.0991 e. The van der Waals surface area contributed by atoms with Crippen LogP contribution in [0.1, 0.15) is 18.9 Å². The Bertz CT molecular complexity index is 326. The van der Waals surface area contributed by atoms with Gasteiger partial charge in [-0.25, -0.2) is 0 Å². The standard InChI is InChI=1S/C12H16N2S/c1-10(15-2)7-8-14-12-5-3-11(9-13)4-6-12/h3-6,10,14H,7-8H2,1-2H3. The Kier molecular flexibility index (Phi) is 5.06. The van der Waals surface area contributed by atoms with Crippen molar-refractivity contribution in [2.24, 2.45) is 0 Å². The molecule has 0 radical (unpaired) electrons. The second-order valence-corrected chi connectivity index (χ2v) is 4.73. The van der Waals surface area contributed by atoms with Gasteiger partial charge in [-0.3, -0.25) is 0 Å². The van der Waals surface area contributed by atoms with Crippen LogP contribution in [-0.2, 0) is 0 Å². The van der Waals surface area contributed by atoms with E-state index in [2.05, 4.69) is 24.6 Å². The van der Waals surface area contributed by atoms with Crippen LogP contribution in [0.4, 0.5) is 5.69 Å². The van der Waals surface area contributed by atoms with Gasteiger partial charge in [0.15, 0.2) is 0 Å². The summed E-state index contributed by atoms with van der Waals surface area (Å²) < 4.78 is 0. The highest BCUT2D eigenvalue weighted by Crippen LogP contribution is 2.12. The van der Waals surface area contributed by atoms with E-state index in [-0.39, 0.29) is 0 Å². The number of nitrogens with one attached hydrogen (secondary N) is 1. The summed E-state index contributed by atoms with van der Waals surface area (Å²) in [6, 6.07) is 9.67. The van der Waals surface area contributed by atoms with E-state index in [1.165, 1.54) is 0 Å². The molecule has 0 aliphatic carbocycles. The lowest BCUT2D eigenvalue weighted by molar-refractivity contribution is 0.854. The van der Waals surface area contributed by atoms with Gasteiger partial charge >= 0.3 is 0 Å². The molecule has 15 heavy (non-hydrogen) atoms. The molecule has 0 aromatic heterocycles. The van der Waals surface area contributed by atoms with Gasteiger partial charge in [0.05, 0.1) is 11.6 Å². The highest BCUT2D eigenvalue weighted by molar-refractivity contribution is 7.99. The van der Waals surface area contributed by atoms with Crippen LogP contribution in [-0.4, -0.2) is 18.1 Å². The summed E-state index contributed by atoms with van der Waals surface area (Å²) in [6.07, 6.45) is 3.29. The predicted molar refractivity (Wildman–Crippen MR) is 67.2 cm³/mol. The monoisotopic (exact) mass is 220 g/mol. The molecule has 1 aromatic carbocycles. The average molecular weight is 220 g/mol. The number of nitriles is 1. The maximum absolute atomic E-state index is 8.64. The zero-order valence-corrected chi connectivity index (χ0v) is 9.97. The minimum atomic E-state index is 0.691. The fourth-order valence-corrected chi connectivity index (χ4v) is 1.55. The van der Waals surface area contributed by atoms with E-state index in [1.54, 1.807) is 0 Å². The quantitative estimate of drug-likeness (QED) is 0.828. The molecule has 0 saturated heterocycles. The number of rotatable bonds is 5. The minimum absolute atomic E-state index is 0.691. The molecule has 1 rings (SSSR count). The van der Waals surface area contributed by atoms with Gasteiger partial charge in [0.1, 0.15) is 0 Å². The van der Waals surface area contributed by atoms with Gasteiger partial charge < -0.3 is 5.32 Å². The molecule has 3 heteroatoms. The van der Waals surface area contributed by atoms with E-state index in [1.807, 2.05) is 36.0 Å². The summed E-state index contributed by atoms with van der Waals surface area (Å²) in [5.41, 5.74) is 1.79. The van der Waals surface area contributed by atoms with Crippen LogP contribution in [0.25, 0.3) is 0 Å². The molecule has 1 atom stereocenters. The summed E-state index contributed by atoms with van der Waals surface area (Å²) in [7, 11) is 0. The first-order chi connectivity index (χ1) is 7.26. The molecule has 2 nitrogen and oxygen atoms in total. The minimum Gasteiger partial charge on any atom is -0.385 e. The Morgan fingerprint density at radius 1 is 1.40 bits per heavy atom. The van der Waals surface area contributed by atoms with Gasteiger partial charge in [-0.2, -0.15) is 17.0 Å². The first-order valence-electron chi connectivity index (χ1n) is 5.03. The number of hydrogen-bond acceptors (Lipinski definition) is 3. The lowest BCUT2D eigenvalue weighted by Gasteiger charge is -2.09. The van der Waals surface area contributed by atoms with Gasteiger partial charge in [-0.05, 0) is 36.9 Å². The van der Waals surface area contributed by atoms with Crippen LogP contribution in [0.2, 0.25) is 0 Å². The van der Waals surface area contributed by atoms with E-state index in [4.69, 9.17) is 5.26 Å². The van der Waals surface area contributed by atoms with E-state index in [9.17, 15) is 0 Å². The van der Waals surface area contributed by atoms with Gasteiger partial charge in [-0.1, -0.05) is 6.92 Å². The van der Waals surface area contributed by atoms with Crippen molar-refractivity contribution in [3.8, 4) is 6.07 Å². The first-order valence-corrected chi connectivity index (χ1v) is 6.32. The van der Waals surface area contributed by atoms with Crippen molar-refractivity contribution in [1.29, 1.82) is 5.26 Å². The van der Waals surface area contributed by atoms with Gasteiger partial charge in [0.2, 0.25) is 0 Å². The highest BCUT2D eigenvalue weighted by atomic mass is 32.2. The molecular formula is C12H16N2S. The van der Waals surface area contributed by atoms with Crippen molar-refractivity contribution >= 4 is 17.4 Å². The molecule has 0 fully saturated rings. The van der Waals surface area contributed by atoms with E-state index < -0.39 is 0 Å². The van der Waals surface area contributed by atoms with Crippen LogP contribution in [0.5, 0.6) is 0 Å². The second kappa shape index (κ2) is 6.36. The molecule has 0 amide bonds. The molecule has 0 spiro atoms. The Labute approximate surface area is 95.7 Å². The molecule has 1 unspecified atom stereocenters. The molecule has 1 N–H and O–H groups in total. The van der Waals surface area contributed by atoms with Crippen molar-refractivity contribution in [2.75, 3.05) is 18.1 Å². The van der Waals surface area contributed by atoms with E-state index in [0.717, 1.165) is 18.7 Å². The first kappa shape index (κ1) is 11.9. The molecule has 1 aromatic rings. The Balaban J connectivity index is 2.35. The van der Waals surface area contributed by atoms with Crippen molar-refractivity contribution in [3.63, 3.8) is 0 Å². The summed E-state index contributed by atoms with van der Waals surface area (Å²) in [5.74, 6) is 0. The number of anilines is 1. The third-order valence-corrected chi connectivity index (χ3v) is 3.34. The SMILES string of the molecule is CSC(C)CCNc1ccc(C#N)cc1. The third-order valence-electron chi connectivity index (χ3n) is 2.30. The number of benzene rings is 1. The van der Waals surface area contributed by atoms with Crippen molar-refractivity contribution < 1.29 is 0 Å². The fourth-order valence-electron chi connectivity index (χ4n) is 1.20. The fraction of sp³-hybridized carbons (Fsp3) is 0.417. The normalized spacial score (nSPS) is 11.8. The molecule has 80 valence electrons. The molecule has 0 bridgehead atoms. The molecule has 0 heterocycles. The van der Waals surface area contributed by atoms with Crippen LogP contribution in [0, 0.1) is 11.3 Å². The van der Waals surface area contributed by atoms with Crippen molar-refractivity contribution in [2.45, 2.75) is 18.6 Å². The van der Waals surface area contributed by atoms with Crippen molar-refractivity contribution in [1.82, 2.24) is 0 Å². The van der Waals surface area contributed by atoms with Gasteiger partial charge in [-0.15, -0.1) is 0 Å². The number of nitrogens with zero attached hydrogens (tertiary/aromatic N) is 1. The summed E-state index contributed by atoms with van der Waals surface area (Å²) >= 11 is 1.88. The highest BCUT2D eigenvalue weighted by Gasteiger charge is 1.98. The average Bonchev–Trinajstić information content (AvgIpc) is 2.29. The van der Waals surface area contributed by atoms with Gasteiger partial charge in [0, 0.05) is 17.5 Å². The molecule has 0 aliphatic heterocycles. The molecular weight excluding hydrogens is 204 g/mol. The summed E-state index contributed by atoms with van der Waals surface area (Å²) in [4.78, 5) is 0. The number of thioether (sulfide) groups is 1. The van der Waals surface area contributed by atoms with Crippen LogP contribution < -0.4 is 5.32 Å². The lowest BCUT2D eigenvalue weighted by Crippen LogP contribution is -2.07. The largest absolute Gasteiger partial charge is 0.385 e. The smallest absolute Gasteiger partial charge is 0.0991 e. The topological polar surface area (TPSA) is 35.8 Å². The zero-order valence-electron chi connectivity index (χ0n) is 9.16. The lowest BCUT2D eigenvalue weighted by atomic mass is 10.2. The van der Waals surface area contributed by atoms with E-state index in [0.29, 0.717) is 10.8 Å². The molecule has 0 aliphatic rings. The van der Waals surface area contributed by atoms with Crippen LogP contribution >= 0.6 is 11.8 Å². The van der Waals surface area contributed by atoms with E-state index >= 15 is 0 Å². The summed E-state index contributed by atoms with van der Waals surface area (Å²) in [6.45, 7) is 3.21. The Hall–Kier alpha value is -1.14. The van der Waals surface area contributed by atoms with Crippen LogP contribution in [0.15, 0.2) is 24.3 Å². The number of hydrogen-bond donors (Lipinski definition) is 1. The second-order valence-electron chi connectivity index (χ2n) is 3.45.